The lowest BCUT2D eigenvalue weighted by molar-refractivity contribution is -0.384. The summed E-state index contributed by atoms with van der Waals surface area (Å²) in [6.45, 7) is 0. The Morgan fingerprint density at radius 2 is 2.05 bits per heavy atom. The summed E-state index contributed by atoms with van der Waals surface area (Å²) < 4.78 is 13.6. The Morgan fingerprint density at radius 3 is 2.63 bits per heavy atom. The molecule has 0 radical (unpaired) electrons. The Kier molecular flexibility index (Phi) is 3.19. The molecule has 0 saturated carbocycles. The van der Waals surface area contributed by atoms with Gasteiger partial charge >= 0.3 is 5.97 Å². The highest BCUT2D eigenvalue weighted by atomic mass is 19.1. The fourth-order valence-corrected chi connectivity index (χ4v) is 1.64. The van der Waals surface area contributed by atoms with Crippen LogP contribution in [-0.2, 0) is 0 Å². The van der Waals surface area contributed by atoms with Gasteiger partial charge in [-0.25, -0.2) is 9.18 Å². The van der Waals surface area contributed by atoms with E-state index in [9.17, 15) is 19.3 Å². The van der Waals surface area contributed by atoms with E-state index in [1.165, 1.54) is 24.4 Å². The summed E-state index contributed by atoms with van der Waals surface area (Å²) in [7, 11) is 0. The molecule has 2 rings (SSSR count). The monoisotopic (exact) mass is 262 g/mol. The zero-order chi connectivity index (χ0) is 14.0. The number of pyridine rings is 1. The molecule has 6 nitrogen and oxygen atoms in total. The standard InChI is InChI=1S/C12H7FN2O4/c13-10-6-14-4-3-8(10)9-2-1-7(12(16)17)5-11(9)15(18)19/h1-6H,(H,16,17). The molecule has 19 heavy (non-hydrogen) atoms. The van der Waals surface area contributed by atoms with Crippen LogP contribution < -0.4 is 0 Å². The quantitative estimate of drug-likeness (QED) is 0.677. The lowest BCUT2D eigenvalue weighted by atomic mass is 10.0. The predicted octanol–water partition coefficient (Wildman–Crippen LogP) is 2.49. The fraction of sp³-hybridized carbons (Fsp3) is 0. The van der Waals surface area contributed by atoms with Crippen molar-refractivity contribution in [3.63, 3.8) is 0 Å². The van der Waals surface area contributed by atoms with E-state index < -0.39 is 22.4 Å². The van der Waals surface area contributed by atoms with Crippen molar-refractivity contribution < 1.29 is 19.2 Å². The molecule has 96 valence electrons. The van der Waals surface area contributed by atoms with E-state index in [0.717, 1.165) is 12.3 Å². The third kappa shape index (κ3) is 2.39. The number of aromatic nitrogens is 1. The van der Waals surface area contributed by atoms with E-state index in [0.29, 0.717) is 0 Å². The van der Waals surface area contributed by atoms with Gasteiger partial charge in [0.05, 0.1) is 22.2 Å². The highest BCUT2D eigenvalue weighted by molar-refractivity contribution is 5.90. The first kappa shape index (κ1) is 12.6. The number of hydrogen-bond acceptors (Lipinski definition) is 4. The maximum atomic E-state index is 13.6. The van der Waals surface area contributed by atoms with E-state index >= 15 is 0 Å². The molecule has 0 saturated heterocycles. The SMILES string of the molecule is O=C(O)c1ccc(-c2ccncc2F)c([N+](=O)[O-])c1. The van der Waals surface area contributed by atoms with E-state index in [1.54, 1.807) is 0 Å². The molecular weight excluding hydrogens is 255 g/mol. The highest BCUT2D eigenvalue weighted by Crippen LogP contribution is 2.32. The van der Waals surface area contributed by atoms with Gasteiger partial charge in [-0.05, 0) is 18.2 Å². The number of carbonyl (C=O) groups is 1. The number of carboxylic acid groups (broad SMARTS) is 1. The largest absolute Gasteiger partial charge is 0.478 e. The number of halogens is 1. The van der Waals surface area contributed by atoms with Crippen molar-refractivity contribution in [2.45, 2.75) is 0 Å². The van der Waals surface area contributed by atoms with Gasteiger partial charge in [0.25, 0.3) is 5.69 Å². The minimum Gasteiger partial charge on any atom is -0.478 e. The number of carboxylic acids is 1. The Morgan fingerprint density at radius 1 is 1.32 bits per heavy atom. The summed E-state index contributed by atoms with van der Waals surface area (Å²) >= 11 is 0. The minimum absolute atomic E-state index is 0.00126. The van der Waals surface area contributed by atoms with Gasteiger partial charge < -0.3 is 5.11 Å². The molecule has 0 aliphatic heterocycles. The van der Waals surface area contributed by atoms with Crippen LogP contribution in [0.5, 0.6) is 0 Å². The fourth-order valence-electron chi connectivity index (χ4n) is 1.64. The van der Waals surface area contributed by atoms with E-state index in [-0.39, 0.29) is 16.7 Å². The van der Waals surface area contributed by atoms with Crippen LogP contribution in [0.15, 0.2) is 36.7 Å². The third-order valence-corrected chi connectivity index (χ3v) is 2.50. The first-order chi connectivity index (χ1) is 9.00. The van der Waals surface area contributed by atoms with Gasteiger partial charge in [0.2, 0.25) is 0 Å². The van der Waals surface area contributed by atoms with Crippen LogP contribution in [0.4, 0.5) is 10.1 Å². The predicted molar refractivity (Wildman–Crippen MR) is 63.2 cm³/mol. The topological polar surface area (TPSA) is 93.3 Å². The second-order valence-electron chi connectivity index (χ2n) is 3.65. The van der Waals surface area contributed by atoms with Gasteiger partial charge in [0, 0.05) is 17.8 Å². The number of aromatic carboxylic acids is 1. The van der Waals surface area contributed by atoms with Crippen molar-refractivity contribution in [1.82, 2.24) is 4.98 Å². The molecule has 1 heterocycles. The van der Waals surface area contributed by atoms with Gasteiger partial charge in [-0.1, -0.05) is 0 Å². The van der Waals surface area contributed by atoms with Crippen molar-refractivity contribution in [3.05, 3.63) is 58.2 Å². The summed E-state index contributed by atoms with van der Waals surface area (Å²) in [5.74, 6) is -2.00. The van der Waals surface area contributed by atoms with E-state index in [4.69, 9.17) is 5.11 Å². The van der Waals surface area contributed by atoms with Gasteiger partial charge in [-0.2, -0.15) is 0 Å². The summed E-state index contributed by atoms with van der Waals surface area (Å²) in [6, 6.07) is 4.58. The molecule has 1 aromatic carbocycles. The summed E-state index contributed by atoms with van der Waals surface area (Å²) in [6.07, 6.45) is 2.23. The number of nitro benzene ring substituents is 1. The Balaban J connectivity index is 2.67. The van der Waals surface area contributed by atoms with Crippen LogP contribution in [0.2, 0.25) is 0 Å². The smallest absolute Gasteiger partial charge is 0.335 e. The number of rotatable bonds is 3. The van der Waals surface area contributed by atoms with Crippen LogP contribution in [0.3, 0.4) is 0 Å². The Bertz CT molecular complexity index is 673. The maximum Gasteiger partial charge on any atom is 0.335 e. The molecule has 1 N–H and O–H groups in total. The summed E-state index contributed by atoms with van der Waals surface area (Å²) in [4.78, 5) is 24.5. The second-order valence-corrected chi connectivity index (χ2v) is 3.65. The van der Waals surface area contributed by atoms with Crippen LogP contribution in [-0.4, -0.2) is 21.0 Å². The Labute approximate surface area is 106 Å². The van der Waals surface area contributed by atoms with Gasteiger partial charge in [0.1, 0.15) is 5.82 Å². The van der Waals surface area contributed by atoms with Crippen molar-refractivity contribution in [2.75, 3.05) is 0 Å². The number of hydrogen-bond donors (Lipinski definition) is 1. The van der Waals surface area contributed by atoms with E-state index in [1.807, 2.05) is 0 Å². The van der Waals surface area contributed by atoms with Crippen LogP contribution >= 0.6 is 0 Å². The van der Waals surface area contributed by atoms with Crippen LogP contribution in [0.1, 0.15) is 10.4 Å². The lowest BCUT2D eigenvalue weighted by Crippen LogP contribution is -2.00. The molecule has 0 atom stereocenters. The summed E-state index contributed by atoms with van der Waals surface area (Å²) in [5.41, 5.74) is -0.691. The molecule has 0 aliphatic carbocycles. The zero-order valence-electron chi connectivity index (χ0n) is 9.41. The second kappa shape index (κ2) is 4.81. The van der Waals surface area contributed by atoms with Crippen LogP contribution in [0, 0.1) is 15.9 Å². The van der Waals surface area contributed by atoms with E-state index in [2.05, 4.69) is 4.98 Å². The minimum atomic E-state index is -1.29. The number of nitro groups is 1. The van der Waals surface area contributed by atoms with Crippen molar-refractivity contribution in [3.8, 4) is 11.1 Å². The van der Waals surface area contributed by atoms with Gasteiger partial charge in [-0.15, -0.1) is 0 Å². The molecule has 1 aromatic heterocycles. The normalized spacial score (nSPS) is 10.2. The molecule has 7 heteroatoms. The third-order valence-electron chi connectivity index (χ3n) is 2.50. The maximum absolute atomic E-state index is 13.6. The lowest BCUT2D eigenvalue weighted by Gasteiger charge is -2.05. The first-order valence-corrected chi connectivity index (χ1v) is 5.12. The highest BCUT2D eigenvalue weighted by Gasteiger charge is 2.20. The van der Waals surface area contributed by atoms with Crippen LogP contribution in [0.25, 0.3) is 11.1 Å². The zero-order valence-corrected chi connectivity index (χ0v) is 9.41. The molecular formula is C12H7FN2O4. The molecule has 0 spiro atoms. The summed E-state index contributed by atoms with van der Waals surface area (Å²) in [5, 5.41) is 19.8. The molecule has 2 aromatic rings. The molecule has 0 fully saturated rings. The molecule has 0 amide bonds. The molecule has 0 unspecified atom stereocenters. The van der Waals surface area contributed by atoms with Crippen molar-refractivity contribution in [1.29, 1.82) is 0 Å². The Hall–Kier alpha value is -2.83. The average Bonchev–Trinajstić information content (AvgIpc) is 2.38. The van der Waals surface area contributed by atoms with Crippen molar-refractivity contribution >= 4 is 11.7 Å². The van der Waals surface area contributed by atoms with Gasteiger partial charge in [0.15, 0.2) is 0 Å². The molecule has 0 bridgehead atoms. The first-order valence-electron chi connectivity index (χ1n) is 5.12. The molecule has 0 aliphatic rings. The van der Waals surface area contributed by atoms with Gasteiger partial charge in [-0.3, -0.25) is 15.1 Å². The number of nitrogens with zero attached hydrogens (tertiary/aromatic N) is 2. The van der Waals surface area contributed by atoms with Crippen molar-refractivity contribution in [2.24, 2.45) is 0 Å². The number of benzene rings is 1. The average molecular weight is 262 g/mol.